The lowest BCUT2D eigenvalue weighted by Gasteiger charge is -2.15. The molecule has 1 aliphatic rings. The van der Waals surface area contributed by atoms with Crippen LogP contribution in [0.3, 0.4) is 0 Å². The summed E-state index contributed by atoms with van der Waals surface area (Å²) in [5, 5.41) is 15.6. The number of aryl methyl sites for hydroxylation is 2. The molecule has 0 aliphatic carbocycles. The second-order valence-electron chi connectivity index (χ2n) is 8.16. The van der Waals surface area contributed by atoms with E-state index in [1.165, 1.54) is 23.9 Å². The van der Waals surface area contributed by atoms with Crippen LogP contribution in [-0.4, -0.2) is 39.1 Å². The predicted octanol–water partition coefficient (Wildman–Crippen LogP) is 4.56. The average Bonchev–Trinajstić information content (AvgIpc) is 3.44. The number of aromatic nitrogens is 3. The quantitative estimate of drug-likeness (QED) is 0.448. The lowest BCUT2D eigenvalue weighted by molar-refractivity contribution is -0.113. The third-order valence-corrected chi connectivity index (χ3v) is 6.45. The van der Waals surface area contributed by atoms with Gasteiger partial charge in [0, 0.05) is 18.0 Å². The number of ether oxygens (including phenoxy) is 1. The summed E-state index contributed by atoms with van der Waals surface area (Å²) >= 11 is 1.36. The molecule has 7 nitrogen and oxygen atoms in total. The zero-order valence-electron chi connectivity index (χ0n) is 18.8. The summed E-state index contributed by atoms with van der Waals surface area (Å²) in [4.78, 5) is 12.6. The van der Waals surface area contributed by atoms with E-state index in [4.69, 9.17) is 4.74 Å². The maximum absolute atomic E-state index is 13.2. The monoisotopic (exact) mass is 469 g/mol. The number of halogens is 1. The fourth-order valence-corrected chi connectivity index (χ4v) is 4.52. The highest BCUT2D eigenvalue weighted by Gasteiger charge is 2.21. The van der Waals surface area contributed by atoms with Crippen molar-refractivity contribution in [3.8, 4) is 0 Å². The van der Waals surface area contributed by atoms with Gasteiger partial charge in [-0.2, -0.15) is 0 Å². The lowest BCUT2D eigenvalue weighted by atomic mass is 10.1. The van der Waals surface area contributed by atoms with Crippen LogP contribution in [0.4, 0.5) is 15.8 Å². The van der Waals surface area contributed by atoms with Crippen molar-refractivity contribution >= 4 is 29.0 Å². The molecule has 3 aromatic rings. The number of carbonyl (C=O) groups is 1. The number of amides is 1. The summed E-state index contributed by atoms with van der Waals surface area (Å²) in [5.74, 6) is 0.596. The van der Waals surface area contributed by atoms with Crippen LogP contribution in [0.15, 0.2) is 47.6 Å². The van der Waals surface area contributed by atoms with Gasteiger partial charge in [0.15, 0.2) is 11.0 Å². The Hall–Kier alpha value is -2.91. The molecular weight excluding hydrogens is 441 g/mol. The molecule has 1 amide bonds. The zero-order valence-corrected chi connectivity index (χ0v) is 19.6. The lowest BCUT2D eigenvalue weighted by Crippen LogP contribution is -2.20. The first-order chi connectivity index (χ1) is 16.0. The van der Waals surface area contributed by atoms with Crippen LogP contribution in [0, 0.1) is 19.7 Å². The fourth-order valence-electron chi connectivity index (χ4n) is 3.75. The minimum atomic E-state index is -0.278. The van der Waals surface area contributed by atoms with Crippen molar-refractivity contribution in [1.29, 1.82) is 0 Å². The minimum Gasteiger partial charge on any atom is -0.378 e. The van der Waals surface area contributed by atoms with E-state index >= 15 is 0 Å². The van der Waals surface area contributed by atoms with Gasteiger partial charge in [-0.3, -0.25) is 4.79 Å². The second-order valence-corrected chi connectivity index (χ2v) is 9.10. The molecule has 2 aromatic carbocycles. The summed E-state index contributed by atoms with van der Waals surface area (Å²) in [6.07, 6.45) is 2.13. The van der Waals surface area contributed by atoms with Crippen molar-refractivity contribution in [2.24, 2.45) is 0 Å². The maximum Gasteiger partial charge on any atom is 0.234 e. The molecule has 0 bridgehead atoms. The normalized spacial score (nSPS) is 15.5. The van der Waals surface area contributed by atoms with Gasteiger partial charge < -0.3 is 19.9 Å². The van der Waals surface area contributed by atoms with Crippen molar-refractivity contribution in [2.45, 2.75) is 51.0 Å². The van der Waals surface area contributed by atoms with Crippen molar-refractivity contribution in [1.82, 2.24) is 14.8 Å². The second kappa shape index (κ2) is 10.8. The SMILES string of the molecule is Cc1ccc(NC(=O)CSc2nnc(CNc3ccc(F)cc3)n2C[C@H]2CCCO2)c(C)c1. The molecule has 1 saturated heterocycles. The van der Waals surface area contributed by atoms with Crippen LogP contribution in [-0.2, 0) is 22.6 Å². The molecule has 1 aromatic heterocycles. The Morgan fingerprint density at radius 3 is 2.76 bits per heavy atom. The number of nitrogens with zero attached hydrogens (tertiary/aromatic N) is 3. The van der Waals surface area contributed by atoms with Gasteiger partial charge in [-0.15, -0.1) is 10.2 Å². The van der Waals surface area contributed by atoms with E-state index in [0.717, 1.165) is 47.8 Å². The molecule has 0 spiro atoms. The summed E-state index contributed by atoms with van der Waals surface area (Å²) in [6.45, 7) is 5.83. The van der Waals surface area contributed by atoms with E-state index in [1.54, 1.807) is 12.1 Å². The number of nitrogens with one attached hydrogen (secondary N) is 2. The fraction of sp³-hybridized carbons (Fsp3) is 0.375. The molecule has 1 aliphatic heterocycles. The molecule has 0 unspecified atom stereocenters. The van der Waals surface area contributed by atoms with Gasteiger partial charge in [0.05, 0.1) is 24.9 Å². The smallest absolute Gasteiger partial charge is 0.234 e. The van der Waals surface area contributed by atoms with Gasteiger partial charge in [0.1, 0.15) is 5.82 Å². The third kappa shape index (κ3) is 6.33. The Morgan fingerprint density at radius 1 is 1.21 bits per heavy atom. The molecule has 1 fully saturated rings. The topological polar surface area (TPSA) is 81.1 Å². The highest BCUT2D eigenvalue weighted by Crippen LogP contribution is 2.23. The first kappa shape index (κ1) is 23.3. The number of hydrogen-bond acceptors (Lipinski definition) is 6. The summed E-state index contributed by atoms with van der Waals surface area (Å²) in [6, 6.07) is 12.1. The Labute approximate surface area is 197 Å². The third-order valence-electron chi connectivity index (χ3n) is 5.49. The van der Waals surface area contributed by atoms with Crippen LogP contribution in [0.25, 0.3) is 0 Å². The van der Waals surface area contributed by atoms with E-state index in [0.29, 0.717) is 18.2 Å². The highest BCUT2D eigenvalue weighted by atomic mass is 32.2. The van der Waals surface area contributed by atoms with E-state index in [1.807, 2.05) is 36.6 Å². The first-order valence-electron chi connectivity index (χ1n) is 11.0. The highest BCUT2D eigenvalue weighted by molar-refractivity contribution is 7.99. The standard InChI is InChI=1S/C24H28FN5O2S/c1-16-5-10-21(17(2)12-16)27-23(31)15-33-24-29-28-22(30(24)14-20-4-3-11-32-20)13-26-19-8-6-18(25)7-9-19/h5-10,12,20,26H,3-4,11,13-15H2,1-2H3,(H,27,31)/t20-/m1/s1. The van der Waals surface area contributed by atoms with Gasteiger partial charge >= 0.3 is 0 Å². The van der Waals surface area contributed by atoms with E-state index in [2.05, 4.69) is 20.8 Å². The van der Waals surface area contributed by atoms with Gasteiger partial charge in [-0.1, -0.05) is 29.5 Å². The van der Waals surface area contributed by atoms with E-state index in [-0.39, 0.29) is 23.6 Å². The predicted molar refractivity (Wildman–Crippen MR) is 128 cm³/mol. The summed E-state index contributed by atoms with van der Waals surface area (Å²) < 4.78 is 21.0. The molecule has 9 heteroatoms. The first-order valence-corrected chi connectivity index (χ1v) is 12.0. The van der Waals surface area contributed by atoms with Crippen molar-refractivity contribution in [3.63, 3.8) is 0 Å². The van der Waals surface area contributed by atoms with E-state index in [9.17, 15) is 9.18 Å². The number of carbonyl (C=O) groups excluding carboxylic acids is 1. The molecule has 2 N–H and O–H groups in total. The molecule has 1 atom stereocenters. The number of anilines is 2. The van der Waals surface area contributed by atoms with Crippen LogP contribution >= 0.6 is 11.8 Å². The summed E-state index contributed by atoms with van der Waals surface area (Å²) in [7, 11) is 0. The Bertz CT molecular complexity index is 1100. The van der Waals surface area contributed by atoms with Gasteiger partial charge in [0.25, 0.3) is 0 Å². The number of benzene rings is 2. The van der Waals surface area contributed by atoms with Crippen LogP contribution in [0.5, 0.6) is 0 Å². The minimum absolute atomic E-state index is 0.0930. The molecule has 33 heavy (non-hydrogen) atoms. The molecule has 0 saturated carbocycles. The van der Waals surface area contributed by atoms with Crippen LogP contribution in [0.2, 0.25) is 0 Å². The van der Waals surface area contributed by atoms with Crippen molar-refractivity contribution in [3.05, 3.63) is 65.2 Å². The van der Waals surface area contributed by atoms with Gasteiger partial charge in [0.2, 0.25) is 5.91 Å². The summed E-state index contributed by atoms with van der Waals surface area (Å²) in [5.41, 5.74) is 3.80. The van der Waals surface area contributed by atoms with Crippen LogP contribution in [0.1, 0.15) is 29.8 Å². The van der Waals surface area contributed by atoms with Gasteiger partial charge in [-0.05, 0) is 62.6 Å². The molecule has 4 rings (SSSR count). The molecule has 2 heterocycles. The number of hydrogen-bond donors (Lipinski definition) is 2. The number of rotatable bonds is 9. The Morgan fingerprint density at radius 2 is 2.03 bits per heavy atom. The van der Waals surface area contributed by atoms with E-state index < -0.39 is 0 Å². The Balaban J connectivity index is 1.42. The van der Waals surface area contributed by atoms with Crippen molar-refractivity contribution < 1.29 is 13.9 Å². The molecule has 174 valence electrons. The molecule has 0 radical (unpaired) electrons. The largest absolute Gasteiger partial charge is 0.378 e. The molecular formula is C24H28FN5O2S. The van der Waals surface area contributed by atoms with Gasteiger partial charge in [-0.25, -0.2) is 4.39 Å². The number of thioether (sulfide) groups is 1. The maximum atomic E-state index is 13.2. The Kier molecular flexibility index (Phi) is 7.61. The average molecular weight is 470 g/mol. The van der Waals surface area contributed by atoms with Crippen LogP contribution < -0.4 is 10.6 Å². The zero-order chi connectivity index (χ0) is 23.2. The van der Waals surface area contributed by atoms with Crippen molar-refractivity contribution in [2.75, 3.05) is 23.0 Å².